The number of hydrogen-bond donors (Lipinski definition) is 0. The lowest BCUT2D eigenvalue weighted by Gasteiger charge is -2.20. The van der Waals surface area contributed by atoms with Crippen LogP contribution in [0.25, 0.3) is 10.2 Å². The average molecular weight is 464 g/mol. The van der Waals surface area contributed by atoms with E-state index in [9.17, 15) is 4.79 Å². The van der Waals surface area contributed by atoms with Crippen molar-refractivity contribution in [1.29, 1.82) is 0 Å². The van der Waals surface area contributed by atoms with E-state index >= 15 is 0 Å². The number of amides is 1. The molecule has 0 saturated carbocycles. The van der Waals surface area contributed by atoms with Crippen molar-refractivity contribution in [3.63, 3.8) is 0 Å². The number of anilines is 1. The number of rotatable bonds is 7. The number of aryl methyl sites for hydroxylation is 1. The van der Waals surface area contributed by atoms with Crippen LogP contribution in [0, 0.1) is 0 Å². The minimum atomic E-state index is -0.0649. The number of benzene rings is 3. The summed E-state index contributed by atoms with van der Waals surface area (Å²) in [6.45, 7) is 2.56. The van der Waals surface area contributed by atoms with E-state index in [4.69, 9.17) is 4.98 Å². The Labute approximate surface area is 203 Å². The molecule has 1 amide bonds. The Bertz CT molecular complexity index is 1400. The van der Waals surface area contributed by atoms with Gasteiger partial charge < -0.3 is 0 Å². The predicted octanol–water partition coefficient (Wildman–Crippen LogP) is 6.69. The van der Waals surface area contributed by atoms with Gasteiger partial charge in [0, 0.05) is 18.0 Å². The van der Waals surface area contributed by atoms with Crippen molar-refractivity contribution in [2.75, 3.05) is 4.90 Å². The fraction of sp³-hybridized carbons (Fsp3) is 0.138. The van der Waals surface area contributed by atoms with Crippen molar-refractivity contribution >= 4 is 32.6 Å². The summed E-state index contributed by atoms with van der Waals surface area (Å²) in [5, 5.41) is 0.700. The van der Waals surface area contributed by atoms with E-state index in [1.165, 1.54) is 16.7 Å². The Balaban J connectivity index is 1.45. The highest BCUT2D eigenvalue weighted by atomic mass is 32.1. The molecule has 0 fully saturated rings. The van der Waals surface area contributed by atoms with Crippen molar-refractivity contribution < 1.29 is 4.79 Å². The maximum absolute atomic E-state index is 13.7. The number of nitrogens with zero attached hydrogens (tertiary/aromatic N) is 3. The quantitative estimate of drug-likeness (QED) is 0.270. The molecule has 0 N–H and O–H groups in total. The van der Waals surface area contributed by atoms with Gasteiger partial charge in [-0.2, -0.15) is 0 Å². The van der Waals surface area contributed by atoms with Gasteiger partial charge in [0.05, 0.1) is 16.8 Å². The molecule has 0 aliphatic heterocycles. The SMILES string of the molecule is CCc1ccc2nc(N(Cc3cccnc3)C(=O)c3ccc(Cc4ccccc4)cc3)sc2c1. The zero-order chi connectivity index (χ0) is 23.3. The van der Waals surface area contributed by atoms with E-state index in [0.29, 0.717) is 17.2 Å². The molecule has 0 atom stereocenters. The van der Waals surface area contributed by atoms with Crippen LogP contribution in [-0.4, -0.2) is 15.9 Å². The van der Waals surface area contributed by atoms with Crippen molar-refractivity contribution in [3.8, 4) is 0 Å². The average Bonchev–Trinajstić information content (AvgIpc) is 3.31. The van der Waals surface area contributed by atoms with E-state index < -0.39 is 0 Å². The lowest BCUT2D eigenvalue weighted by Crippen LogP contribution is -2.30. The molecular weight excluding hydrogens is 438 g/mol. The summed E-state index contributed by atoms with van der Waals surface area (Å²) in [6.07, 6.45) is 5.35. The standard InChI is InChI=1S/C29H25N3OS/c1-2-21-12-15-26-27(18-21)34-29(31-26)32(20-24-9-6-16-30-19-24)28(33)25-13-10-23(11-14-25)17-22-7-4-3-5-8-22/h3-16,18-19H,2,17,20H2,1H3. The third-order valence-electron chi connectivity index (χ3n) is 5.84. The van der Waals surface area contributed by atoms with E-state index in [2.05, 4.69) is 36.2 Å². The Morgan fingerprint density at radius 3 is 2.32 bits per heavy atom. The second-order valence-electron chi connectivity index (χ2n) is 8.26. The van der Waals surface area contributed by atoms with Gasteiger partial charge in [0.1, 0.15) is 0 Å². The summed E-state index contributed by atoms with van der Waals surface area (Å²) in [7, 11) is 0. The Morgan fingerprint density at radius 1 is 0.853 bits per heavy atom. The molecule has 5 heteroatoms. The van der Waals surface area contributed by atoms with Crippen molar-refractivity contribution in [2.45, 2.75) is 26.3 Å². The third-order valence-corrected chi connectivity index (χ3v) is 6.88. The molecule has 5 rings (SSSR count). The molecule has 4 nitrogen and oxygen atoms in total. The van der Waals surface area contributed by atoms with Crippen LogP contribution < -0.4 is 4.90 Å². The normalized spacial score (nSPS) is 11.0. The number of fused-ring (bicyclic) bond motifs is 1. The van der Waals surface area contributed by atoms with Gasteiger partial charge in [-0.3, -0.25) is 14.7 Å². The Hall–Kier alpha value is -3.83. The first-order chi connectivity index (χ1) is 16.7. The highest BCUT2D eigenvalue weighted by molar-refractivity contribution is 7.22. The van der Waals surface area contributed by atoms with Gasteiger partial charge in [-0.1, -0.05) is 72.9 Å². The van der Waals surface area contributed by atoms with E-state index in [0.717, 1.165) is 28.6 Å². The first-order valence-corrected chi connectivity index (χ1v) is 12.2. The summed E-state index contributed by atoms with van der Waals surface area (Å²) in [5.41, 5.74) is 6.22. The molecule has 2 heterocycles. The van der Waals surface area contributed by atoms with Crippen molar-refractivity contribution in [2.24, 2.45) is 0 Å². The third kappa shape index (κ3) is 4.90. The van der Waals surface area contributed by atoms with Crippen LogP contribution in [0.1, 0.15) is 39.5 Å². The number of thiazole rings is 1. The Morgan fingerprint density at radius 2 is 1.59 bits per heavy atom. The van der Waals surface area contributed by atoms with Gasteiger partial charge in [-0.05, 0) is 65.4 Å². The molecule has 34 heavy (non-hydrogen) atoms. The van der Waals surface area contributed by atoms with E-state index in [1.807, 2.05) is 60.7 Å². The van der Waals surface area contributed by atoms with Crippen LogP contribution in [0.4, 0.5) is 5.13 Å². The smallest absolute Gasteiger partial charge is 0.260 e. The maximum atomic E-state index is 13.7. The molecule has 168 valence electrons. The fourth-order valence-corrected chi connectivity index (χ4v) is 4.97. The van der Waals surface area contributed by atoms with Crippen molar-refractivity contribution in [3.05, 3.63) is 125 Å². The van der Waals surface area contributed by atoms with Gasteiger partial charge in [0.15, 0.2) is 5.13 Å². The largest absolute Gasteiger partial charge is 0.279 e. The van der Waals surface area contributed by atoms with Gasteiger partial charge >= 0.3 is 0 Å². The van der Waals surface area contributed by atoms with Crippen LogP contribution >= 0.6 is 11.3 Å². The van der Waals surface area contributed by atoms with Crippen LogP contribution in [0.3, 0.4) is 0 Å². The first-order valence-electron chi connectivity index (χ1n) is 11.4. The van der Waals surface area contributed by atoms with Crippen molar-refractivity contribution in [1.82, 2.24) is 9.97 Å². The second kappa shape index (κ2) is 9.98. The fourth-order valence-electron chi connectivity index (χ4n) is 3.95. The minimum absolute atomic E-state index is 0.0649. The zero-order valence-electron chi connectivity index (χ0n) is 19.0. The first kappa shape index (κ1) is 22.0. The van der Waals surface area contributed by atoms with E-state index in [-0.39, 0.29) is 5.91 Å². The zero-order valence-corrected chi connectivity index (χ0v) is 19.8. The van der Waals surface area contributed by atoms with Gasteiger partial charge in [0.2, 0.25) is 0 Å². The lowest BCUT2D eigenvalue weighted by molar-refractivity contribution is 0.0985. The molecule has 0 aliphatic carbocycles. The summed E-state index contributed by atoms with van der Waals surface area (Å²) in [6, 6.07) is 28.4. The summed E-state index contributed by atoms with van der Waals surface area (Å²) in [5.74, 6) is -0.0649. The number of carbonyl (C=O) groups is 1. The van der Waals surface area contributed by atoms with Gasteiger partial charge in [0.25, 0.3) is 5.91 Å². The van der Waals surface area contributed by atoms with Crippen LogP contribution in [0.2, 0.25) is 0 Å². The Kier molecular flexibility index (Phi) is 6.45. The second-order valence-corrected chi connectivity index (χ2v) is 9.27. The molecule has 0 radical (unpaired) electrons. The molecule has 0 unspecified atom stereocenters. The minimum Gasteiger partial charge on any atom is -0.279 e. The highest BCUT2D eigenvalue weighted by Gasteiger charge is 2.22. The molecular formula is C29H25N3OS. The van der Waals surface area contributed by atoms with Crippen LogP contribution in [0.15, 0.2) is 97.3 Å². The molecule has 0 spiro atoms. The number of hydrogen-bond acceptors (Lipinski definition) is 4. The predicted molar refractivity (Wildman–Crippen MR) is 139 cm³/mol. The summed E-state index contributed by atoms with van der Waals surface area (Å²) >= 11 is 1.56. The van der Waals surface area contributed by atoms with E-state index in [1.54, 1.807) is 28.6 Å². The molecule has 0 aliphatic rings. The molecule has 2 aromatic heterocycles. The molecule has 0 saturated heterocycles. The lowest BCUT2D eigenvalue weighted by atomic mass is 10.0. The van der Waals surface area contributed by atoms with Gasteiger partial charge in [-0.15, -0.1) is 0 Å². The van der Waals surface area contributed by atoms with Crippen LogP contribution in [0.5, 0.6) is 0 Å². The topological polar surface area (TPSA) is 46.1 Å². The number of aromatic nitrogens is 2. The number of carbonyl (C=O) groups excluding carboxylic acids is 1. The number of pyridine rings is 1. The molecule has 5 aromatic rings. The molecule has 0 bridgehead atoms. The maximum Gasteiger partial charge on any atom is 0.260 e. The summed E-state index contributed by atoms with van der Waals surface area (Å²) in [4.78, 5) is 24.5. The van der Waals surface area contributed by atoms with Crippen LogP contribution in [-0.2, 0) is 19.4 Å². The summed E-state index contributed by atoms with van der Waals surface area (Å²) < 4.78 is 1.09. The van der Waals surface area contributed by atoms with Gasteiger partial charge in [-0.25, -0.2) is 4.98 Å². The highest BCUT2D eigenvalue weighted by Crippen LogP contribution is 2.31. The molecule has 3 aromatic carbocycles. The monoisotopic (exact) mass is 463 g/mol.